The van der Waals surface area contributed by atoms with Gasteiger partial charge in [0, 0.05) is 19.3 Å². The third-order valence-electron chi connectivity index (χ3n) is 5.24. The highest BCUT2D eigenvalue weighted by molar-refractivity contribution is 5.94. The molecule has 6 nitrogen and oxygen atoms in total. The number of aromatic nitrogens is 1. The van der Waals surface area contributed by atoms with Crippen LogP contribution in [0.25, 0.3) is 0 Å². The predicted octanol–water partition coefficient (Wildman–Crippen LogP) is 2.70. The largest absolute Gasteiger partial charge is 0.466 e. The quantitative estimate of drug-likeness (QED) is 0.595. The van der Waals surface area contributed by atoms with Gasteiger partial charge in [0.25, 0.3) is 0 Å². The lowest BCUT2D eigenvalue weighted by atomic mass is 9.72. The van der Waals surface area contributed by atoms with Crippen molar-refractivity contribution in [2.45, 2.75) is 20.8 Å². The van der Waals surface area contributed by atoms with E-state index in [2.05, 4.69) is 29.0 Å². The van der Waals surface area contributed by atoms with Crippen molar-refractivity contribution < 1.29 is 19.1 Å². The minimum absolute atomic E-state index is 0.132. The van der Waals surface area contributed by atoms with Crippen LogP contribution in [-0.2, 0) is 14.3 Å². The van der Waals surface area contributed by atoms with Crippen LogP contribution >= 0.6 is 0 Å². The second-order valence-corrected chi connectivity index (χ2v) is 6.85. The molecule has 6 heteroatoms. The van der Waals surface area contributed by atoms with Gasteiger partial charge in [0.05, 0.1) is 19.1 Å². The first-order chi connectivity index (χ1) is 12.6. The molecule has 0 spiro atoms. The van der Waals surface area contributed by atoms with Crippen molar-refractivity contribution in [1.29, 1.82) is 0 Å². The van der Waals surface area contributed by atoms with Crippen LogP contribution in [0.4, 0.5) is 5.82 Å². The molecule has 1 aliphatic carbocycles. The van der Waals surface area contributed by atoms with E-state index in [9.17, 15) is 9.59 Å². The molecule has 1 aromatic heterocycles. The molecular formula is C20H26N2O4. The monoisotopic (exact) mass is 358 g/mol. The average molecular weight is 358 g/mol. The highest BCUT2D eigenvalue weighted by atomic mass is 16.5. The number of pyridine rings is 1. The van der Waals surface area contributed by atoms with Crippen LogP contribution in [0.3, 0.4) is 0 Å². The number of fused-ring (bicyclic) bond motifs is 1. The third kappa shape index (κ3) is 3.45. The summed E-state index contributed by atoms with van der Waals surface area (Å²) in [7, 11) is 0. The van der Waals surface area contributed by atoms with Gasteiger partial charge in [-0.25, -0.2) is 9.78 Å². The molecule has 3 rings (SSSR count). The van der Waals surface area contributed by atoms with E-state index >= 15 is 0 Å². The van der Waals surface area contributed by atoms with E-state index in [1.165, 1.54) is 0 Å². The number of hydrogen-bond donors (Lipinski definition) is 0. The number of esters is 2. The number of rotatable bonds is 5. The van der Waals surface area contributed by atoms with Gasteiger partial charge in [-0.1, -0.05) is 19.1 Å². The number of carbonyl (C=O) groups excluding carboxylic acids is 2. The molecule has 1 aromatic rings. The second-order valence-electron chi connectivity index (χ2n) is 6.85. The molecular weight excluding hydrogens is 332 g/mol. The number of allylic oxidation sites excluding steroid dienone is 1. The van der Waals surface area contributed by atoms with Crippen molar-refractivity contribution in [2.75, 3.05) is 31.2 Å². The molecule has 1 saturated heterocycles. The first-order valence-corrected chi connectivity index (χ1v) is 9.28. The van der Waals surface area contributed by atoms with Crippen molar-refractivity contribution in [3.63, 3.8) is 0 Å². The first kappa shape index (κ1) is 18.4. The van der Waals surface area contributed by atoms with E-state index in [-0.39, 0.29) is 35.6 Å². The lowest BCUT2D eigenvalue weighted by Crippen LogP contribution is -2.37. The van der Waals surface area contributed by atoms with Gasteiger partial charge in [-0.15, -0.1) is 0 Å². The zero-order chi connectivity index (χ0) is 18.7. The molecule has 1 aliphatic heterocycles. The summed E-state index contributed by atoms with van der Waals surface area (Å²) in [4.78, 5) is 31.3. The minimum Gasteiger partial charge on any atom is -0.466 e. The van der Waals surface area contributed by atoms with Crippen LogP contribution in [0, 0.1) is 23.7 Å². The number of carbonyl (C=O) groups is 2. The second kappa shape index (κ2) is 7.89. The van der Waals surface area contributed by atoms with Gasteiger partial charge < -0.3 is 14.4 Å². The highest BCUT2D eigenvalue weighted by Crippen LogP contribution is 2.41. The Morgan fingerprint density at radius 2 is 1.96 bits per heavy atom. The SMILES string of the molecule is CCOC(=O)c1cccnc1N1C[C@@H]2[C@@H](C(=O)OCC)[C@@H](C)C=C[C@H]2C1. The van der Waals surface area contributed by atoms with Crippen LogP contribution in [0.15, 0.2) is 30.5 Å². The minimum atomic E-state index is -0.365. The molecule has 2 heterocycles. The van der Waals surface area contributed by atoms with Crippen LogP contribution < -0.4 is 4.90 Å². The number of ether oxygens (including phenoxy) is 2. The van der Waals surface area contributed by atoms with E-state index in [1.54, 1.807) is 25.3 Å². The zero-order valence-corrected chi connectivity index (χ0v) is 15.6. The van der Waals surface area contributed by atoms with E-state index in [4.69, 9.17) is 9.47 Å². The van der Waals surface area contributed by atoms with E-state index < -0.39 is 0 Å². The lowest BCUT2D eigenvalue weighted by molar-refractivity contribution is -0.151. The summed E-state index contributed by atoms with van der Waals surface area (Å²) < 4.78 is 10.5. The summed E-state index contributed by atoms with van der Waals surface area (Å²) in [5.41, 5.74) is 0.470. The molecule has 0 bridgehead atoms. The fourth-order valence-electron chi connectivity index (χ4n) is 4.08. The molecule has 0 aromatic carbocycles. The molecule has 0 unspecified atom stereocenters. The Morgan fingerprint density at radius 3 is 2.69 bits per heavy atom. The van der Waals surface area contributed by atoms with E-state index in [0.29, 0.717) is 31.1 Å². The molecule has 0 amide bonds. The number of hydrogen-bond acceptors (Lipinski definition) is 6. The topological polar surface area (TPSA) is 68.7 Å². The summed E-state index contributed by atoms with van der Waals surface area (Å²) in [6.45, 7) is 7.79. The number of nitrogens with zero attached hydrogens (tertiary/aromatic N) is 2. The highest BCUT2D eigenvalue weighted by Gasteiger charge is 2.45. The van der Waals surface area contributed by atoms with E-state index in [0.717, 1.165) is 6.54 Å². The first-order valence-electron chi connectivity index (χ1n) is 9.28. The molecule has 4 atom stereocenters. The normalized spacial score (nSPS) is 27.1. The summed E-state index contributed by atoms with van der Waals surface area (Å²) in [6, 6.07) is 3.48. The maximum Gasteiger partial charge on any atom is 0.341 e. The van der Waals surface area contributed by atoms with Gasteiger partial charge in [-0.3, -0.25) is 4.79 Å². The summed E-state index contributed by atoms with van der Waals surface area (Å²) in [6.07, 6.45) is 5.98. The third-order valence-corrected chi connectivity index (χ3v) is 5.24. The fourth-order valence-corrected chi connectivity index (χ4v) is 4.08. The van der Waals surface area contributed by atoms with Gasteiger partial charge in [0.15, 0.2) is 0 Å². The Balaban J connectivity index is 1.85. The Bertz CT molecular complexity index is 703. The van der Waals surface area contributed by atoms with Gasteiger partial charge in [0.1, 0.15) is 11.4 Å². The molecule has 26 heavy (non-hydrogen) atoms. The predicted molar refractivity (Wildman–Crippen MR) is 97.8 cm³/mol. The van der Waals surface area contributed by atoms with E-state index in [1.807, 2.05) is 6.92 Å². The van der Waals surface area contributed by atoms with Crippen molar-refractivity contribution in [1.82, 2.24) is 4.98 Å². The molecule has 1 fully saturated rings. The molecule has 0 saturated carbocycles. The van der Waals surface area contributed by atoms with Crippen LogP contribution in [-0.4, -0.2) is 43.2 Å². The van der Waals surface area contributed by atoms with Crippen molar-refractivity contribution >= 4 is 17.8 Å². The fraction of sp³-hybridized carbons (Fsp3) is 0.550. The van der Waals surface area contributed by atoms with Crippen LogP contribution in [0.1, 0.15) is 31.1 Å². The lowest BCUT2D eigenvalue weighted by Gasteiger charge is -2.31. The Kier molecular flexibility index (Phi) is 5.59. The Morgan fingerprint density at radius 1 is 1.19 bits per heavy atom. The maximum atomic E-state index is 12.5. The van der Waals surface area contributed by atoms with Crippen LogP contribution in [0.2, 0.25) is 0 Å². The maximum absolute atomic E-state index is 12.5. The smallest absolute Gasteiger partial charge is 0.341 e. The Hall–Kier alpha value is -2.37. The average Bonchev–Trinajstić information content (AvgIpc) is 3.06. The number of anilines is 1. The van der Waals surface area contributed by atoms with Crippen molar-refractivity contribution in [3.8, 4) is 0 Å². The summed E-state index contributed by atoms with van der Waals surface area (Å²) >= 11 is 0. The summed E-state index contributed by atoms with van der Waals surface area (Å²) in [5, 5.41) is 0. The molecule has 140 valence electrons. The standard InChI is InChI=1S/C20H26N2O4/c1-4-25-19(23)15-7-6-10-21-18(15)22-11-14-9-8-13(3)17(16(14)12-22)20(24)26-5-2/h6-10,13-14,16-17H,4-5,11-12H2,1-3H3/t13-,14-,16-,17-/m0/s1. The van der Waals surface area contributed by atoms with Gasteiger partial charge in [-0.05, 0) is 43.7 Å². The van der Waals surface area contributed by atoms with Gasteiger partial charge in [-0.2, -0.15) is 0 Å². The van der Waals surface area contributed by atoms with Crippen LogP contribution in [0.5, 0.6) is 0 Å². The molecule has 0 radical (unpaired) electrons. The van der Waals surface area contributed by atoms with Gasteiger partial charge in [0.2, 0.25) is 0 Å². The van der Waals surface area contributed by atoms with Crippen molar-refractivity contribution in [2.24, 2.45) is 23.7 Å². The summed E-state index contributed by atoms with van der Waals surface area (Å²) in [5.74, 6) is 0.519. The zero-order valence-electron chi connectivity index (χ0n) is 15.6. The molecule has 2 aliphatic rings. The molecule has 0 N–H and O–H groups in total. The van der Waals surface area contributed by atoms with Gasteiger partial charge >= 0.3 is 11.9 Å². The van der Waals surface area contributed by atoms with Crippen molar-refractivity contribution in [3.05, 3.63) is 36.0 Å². The Labute approximate surface area is 154 Å².